The summed E-state index contributed by atoms with van der Waals surface area (Å²) in [5.41, 5.74) is 4.81. The van der Waals surface area contributed by atoms with E-state index in [1.807, 2.05) is 102 Å². The topological polar surface area (TPSA) is 172 Å². The molecule has 4 aromatic carbocycles. The summed E-state index contributed by atoms with van der Waals surface area (Å²) in [4.78, 5) is 50.4. The predicted molar refractivity (Wildman–Crippen MR) is 266 cm³/mol. The molecule has 3 heterocycles. The van der Waals surface area contributed by atoms with E-state index in [4.69, 9.17) is 18.9 Å². The van der Waals surface area contributed by atoms with Crippen molar-refractivity contribution in [2.24, 2.45) is 5.41 Å². The third-order valence-corrected chi connectivity index (χ3v) is 14.0. The zero-order valence-electron chi connectivity index (χ0n) is 39.7. The number of aryl methyl sites for hydroxylation is 1. The van der Waals surface area contributed by atoms with Crippen LogP contribution in [-0.4, -0.2) is 121 Å². The number of likely N-dealkylation sites (N-methyl/N-ethyl adjacent to an activating group) is 1. The quantitative estimate of drug-likeness (QED) is 0.0511. The zero-order valence-corrected chi connectivity index (χ0v) is 41.3. The molecule has 0 spiro atoms. The molecule has 17 heteroatoms. The summed E-state index contributed by atoms with van der Waals surface area (Å²) in [6, 6.07) is 24.4. The number of rotatable bonds is 21. The lowest BCUT2D eigenvalue weighted by molar-refractivity contribution is -0.144. The second-order valence-electron chi connectivity index (χ2n) is 18.2. The molecule has 4 N–H and O–H groups in total. The number of hydrogen-bond acceptors (Lipinski definition) is 13. The standard InChI is InChI=1S/C52H60FN5O9S2/c1-32(34-7-9-35(10-8-34)47-33(2)54-31-68-47)55-50(62)43-27-39(60)29-58(43)51(63)49(52(3,4)5)56-45(61)30-65-26-25-64-23-21-57(6)22-24-66-40-16-18-41(19-17-40)67-46-42-20-15-38(59)28-44(42)69-48(46)36-11-13-37(53)14-12-36/h7-20,28,31-32,39,43,49,59-60H,21-27,29-30H2,1-6H3,(H,55,62)(H,56,61)/t32-,39+,43-,49+/m0/s1. The van der Waals surface area contributed by atoms with Gasteiger partial charge in [-0.25, -0.2) is 9.37 Å². The molecule has 1 aliphatic rings. The van der Waals surface area contributed by atoms with Crippen molar-refractivity contribution in [3.05, 3.63) is 114 Å². The molecular weight excluding hydrogens is 922 g/mol. The molecule has 7 rings (SSSR count). The number of amides is 3. The number of fused-ring (bicyclic) bond motifs is 1. The summed E-state index contributed by atoms with van der Waals surface area (Å²) < 4.78 is 38.2. The molecule has 3 amide bonds. The number of likely N-dealkylation sites (tertiary alicyclic amines) is 1. The minimum absolute atomic E-state index is 0.0246. The van der Waals surface area contributed by atoms with Crippen LogP contribution in [0.25, 0.3) is 31.0 Å². The Morgan fingerprint density at radius 2 is 1.55 bits per heavy atom. The van der Waals surface area contributed by atoms with Crippen LogP contribution in [0.4, 0.5) is 4.39 Å². The Labute approximate surface area is 410 Å². The number of aromatic hydroxyl groups is 1. The van der Waals surface area contributed by atoms with Gasteiger partial charge in [0.2, 0.25) is 17.7 Å². The summed E-state index contributed by atoms with van der Waals surface area (Å²) in [6.07, 6.45) is -0.797. The fraction of sp³-hybridized carbons (Fsp3) is 0.385. The Kier molecular flexibility index (Phi) is 17.0. The average Bonchev–Trinajstić information content (AvgIpc) is 4.04. The second-order valence-corrected chi connectivity index (χ2v) is 20.1. The van der Waals surface area contributed by atoms with Gasteiger partial charge in [0.25, 0.3) is 0 Å². The minimum atomic E-state index is -0.975. The van der Waals surface area contributed by atoms with Gasteiger partial charge < -0.3 is 49.6 Å². The maximum absolute atomic E-state index is 14.0. The lowest BCUT2D eigenvalue weighted by Crippen LogP contribution is -2.58. The van der Waals surface area contributed by atoms with Crippen LogP contribution in [0, 0.1) is 18.2 Å². The number of thiophene rings is 1. The number of halogens is 1. The van der Waals surface area contributed by atoms with Gasteiger partial charge in [-0.15, -0.1) is 22.7 Å². The number of ether oxygens (including phenoxy) is 4. The molecule has 0 saturated carbocycles. The number of nitrogens with zero attached hydrogens (tertiary/aromatic N) is 3. The van der Waals surface area contributed by atoms with Gasteiger partial charge in [0.05, 0.1) is 52.9 Å². The Balaban J connectivity index is 0.792. The highest BCUT2D eigenvalue weighted by Gasteiger charge is 2.44. The number of aliphatic hydroxyl groups excluding tert-OH is 1. The van der Waals surface area contributed by atoms with E-state index < -0.39 is 35.4 Å². The van der Waals surface area contributed by atoms with Crippen molar-refractivity contribution in [3.63, 3.8) is 0 Å². The number of hydrogen-bond donors (Lipinski definition) is 4. The highest BCUT2D eigenvalue weighted by Crippen LogP contribution is 2.47. The van der Waals surface area contributed by atoms with Crippen LogP contribution < -0.4 is 20.1 Å². The summed E-state index contributed by atoms with van der Waals surface area (Å²) in [7, 11) is 1.96. The molecule has 366 valence electrons. The maximum atomic E-state index is 14.0. The van der Waals surface area contributed by atoms with Crippen molar-refractivity contribution in [1.29, 1.82) is 0 Å². The van der Waals surface area contributed by atoms with E-state index in [1.54, 1.807) is 35.6 Å². The first-order chi connectivity index (χ1) is 33.0. The van der Waals surface area contributed by atoms with Gasteiger partial charge in [-0.1, -0.05) is 57.2 Å². The minimum Gasteiger partial charge on any atom is -0.508 e. The van der Waals surface area contributed by atoms with E-state index in [1.165, 1.54) is 28.4 Å². The molecule has 1 fully saturated rings. The highest BCUT2D eigenvalue weighted by molar-refractivity contribution is 7.22. The second kappa shape index (κ2) is 23.1. The fourth-order valence-corrected chi connectivity index (χ4v) is 9.91. The van der Waals surface area contributed by atoms with Gasteiger partial charge in [-0.3, -0.25) is 14.4 Å². The molecule has 4 atom stereocenters. The van der Waals surface area contributed by atoms with Crippen molar-refractivity contribution in [2.75, 3.05) is 59.7 Å². The SMILES string of the molecule is Cc1ncsc1-c1ccc([C@H](C)NC(=O)[C@@H]2C[C@@H](O)CN2C(=O)[C@@H](NC(=O)COCCOCCN(C)CCOc2ccc(Oc3c(-c4ccc(F)cc4)sc4cc(O)ccc34)cc2)C(C)(C)C)cc1. The van der Waals surface area contributed by atoms with Gasteiger partial charge >= 0.3 is 0 Å². The molecule has 1 aliphatic heterocycles. The molecule has 2 aromatic heterocycles. The Morgan fingerprint density at radius 3 is 2.25 bits per heavy atom. The van der Waals surface area contributed by atoms with Crippen LogP contribution in [0.3, 0.4) is 0 Å². The average molecular weight is 982 g/mol. The summed E-state index contributed by atoms with van der Waals surface area (Å²) in [6.45, 7) is 11.6. The maximum Gasteiger partial charge on any atom is 0.246 e. The predicted octanol–water partition coefficient (Wildman–Crippen LogP) is 8.35. The van der Waals surface area contributed by atoms with Crippen LogP contribution in [0.2, 0.25) is 0 Å². The molecule has 1 saturated heterocycles. The monoisotopic (exact) mass is 981 g/mol. The number of carbonyl (C=O) groups is 3. The first-order valence-electron chi connectivity index (χ1n) is 22.9. The number of carbonyl (C=O) groups excluding carboxylic acids is 3. The van der Waals surface area contributed by atoms with E-state index in [0.717, 1.165) is 42.2 Å². The molecular formula is C52H60FN5O9S2. The van der Waals surface area contributed by atoms with Gasteiger partial charge in [-0.05, 0) is 97.6 Å². The van der Waals surface area contributed by atoms with Crippen molar-refractivity contribution >= 4 is 50.5 Å². The number of phenols is 1. The number of β-amino-alcohol motifs (C(OH)–C–C–N with tert-alkyl or cyclic N) is 1. The van der Waals surface area contributed by atoms with Crippen LogP contribution in [0.5, 0.6) is 23.0 Å². The number of phenolic OH excluding ortho intramolecular Hbond substituents is 1. The first-order valence-corrected chi connectivity index (χ1v) is 24.6. The van der Waals surface area contributed by atoms with E-state index in [2.05, 4.69) is 20.5 Å². The number of nitrogens with one attached hydrogen (secondary N) is 2. The Hall–Kier alpha value is -5.95. The Bertz CT molecular complexity index is 2670. The fourth-order valence-electron chi connectivity index (χ4n) is 7.93. The molecule has 0 unspecified atom stereocenters. The molecule has 0 aliphatic carbocycles. The van der Waals surface area contributed by atoms with Crippen molar-refractivity contribution in [2.45, 2.75) is 65.3 Å². The number of thiazole rings is 1. The lowest BCUT2D eigenvalue weighted by Gasteiger charge is -2.35. The number of aromatic nitrogens is 1. The van der Waals surface area contributed by atoms with Crippen molar-refractivity contribution < 1.29 is 47.9 Å². The Morgan fingerprint density at radius 1 is 0.884 bits per heavy atom. The summed E-state index contributed by atoms with van der Waals surface area (Å²) in [5.74, 6) is 0.429. The normalized spacial score (nSPS) is 15.9. The van der Waals surface area contributed by atoms with Crippen LogP contribution in [0.15, 0.2) is 96.5 Å². The van der Waals surface area contributed by atoms with Crippen LogP contribution in [0.1, 0.15) is 51.4 Å². The molecule has 0 radical (unpaired) electrons. The van der Waals surface area contributed by atoms with Crippen molar-refractivity contribution in [3.8, 4) is 43.9 Å². The van der Waals surface area contributed by atoms with Crippen molar-refractivity contribution in [1.82, 2.24) is 25.4 Å². The third kappa shape index (κ3) is 13.4. The van der Waals surface area contributed by atoms with Gasteiger partial charge in [0.1, 0.15) is 48.4 Å². The summed E-state index contributed by atoms with van der Waals surface area (Å²) in [5, 5.41) is 27.4. The number of benzene rings is 4. The van der Waals surface area contributed by atoms with Gasteiger partial charge in [0, 0.05) is 36.1 Å². The smallest absolute Gasteiger partial charge is 0.246 e. The zero-order chi connectivity index (χ0) is 49.2. The molecule has 14 nitrogen and oxygen atoms in total. The lowest BCUT2D eigenvalue weighted by atomic mass is 9.85. The van der Waals surface area contributed by atoms with E-state index in [-0.39, 0.29) is 56.3 Å². The third-order valence-electron chi connectivity index (χ3n) is 11.8. The first kappa shape index (κ1) is 50.9. The van der Waals surface area contributed by atoms with E-state index >= 15 is 0 Å². The molecule has 69 heavy (non-hydrogen) atoms. The van der Waals surface area contributed by atoms with Crippen LogP contribution in [-0.2, 0) is 23.9 Å². The van der Waals surface area contributed by atoms with Gasteiger partial charge in [0.15, 0.2) is 5.75 Å². The molecule has 0 bridgehead atoms. The summed E-state index contributed by atoms with van der Waals surface area (Å²) >= 11 is 3.03. The van der Waals surface area contributed by atoms with E-state index in [0.29, 0.717) is 43.6 Å². The largest absolute Gasteiger partial charge is 0.508 e. The molecule has 6 aromatic rings. The highest BCUT2D eigenvalue weighted by atomic mass is 32.1. The van der Waals surface area contributed by atoms with Crippen LogP contribution >= 0.6 is 22.7 Å². The number of aliphatic hydroxyl groups is 1. The van der Waals surface area contributed by atoms with Gasteiger partial charge in [-0.2, -0.15) is 0 Å². The van der Waals surface area contributed by atoms with E-state index in [9.17, 15) is 29.0 Å².